The van der Waals surface area contributed by atoms with Crippen LogP contribution in [0.5, 0.6) is 0 Å². The van der Waals surface area contributed by atoms with Crippen LogP contribution in [0.2, 0.25) is 0 Å². The fourth-order valence-corrected chi connectivity index (χ4v) is 4.70. The third kappa shape index (κ3) is 4.84. The van der Waals surface area contributed by atoms with E-state index in [2.05, 4.69) is 17.4 Å². The lowest BCUT2D eigenvalue weighted by atomic mass is 10.1. The van der Waals surface area contributed by atoms with Crippen LogP contribution in [0.15, 0.2) is 59.5 Å². The van der Waals surface area contributed by atoms with Gasteiger partial charge in [0.15, 0.2) is 0 Å². The second kappa shape index (κ2) is 9.34. The van der Waals surface area contributed by atoms with Crippen LogP contribution < -0.4 is 5.32 Å². The van der Waals surface area contributed by atoms with Crippen molar-refractivity contribution in [3.63, 3.8) is 0 Å². The molecule has 1 saturated carbocycles. The Morgan fingerprint density at radius 2 is 1.63 bits per heavy atom. The lowest BCUT2D eigenvalue weighted by molar-refractivity contribution is -0.139. The molecule has 2 aromatic rings. The summed E-state index contributed by atoms with van der Waals surface area (Å²) < 4.78 is 0. The summed E-state index contributed by atoms with van der Waals surface area (Å²) in [6.45, 7) is 2.41. The summed E-state index contributed by atoms with van der Waals surface area (Å²) >= 11 is 1.48. The van der Waals surface area contributed by atoms with E-state index in [-0.39, 0.29) is 17.7 Å². The smallest absolute Gasteiger partial charge is 0.233 e. The van der Waals surface area contributed by atoms with Gasteiger partial charge in [0.25, 0.3) is 0 Å². The zero-order valence-corrected chi connectivity index (χ0v) is 17.5. The third-order valence-electron chi connectivity index (χ3n) is 5.72. The van der Waals surface area contributed by atoms with Crippen molar-refractivity contribution in [1.82, 2.24) is 9.80 Å². The number of thioether (sulfide) groups is 1. The molecule has 0 unspecified atom stereocenters. The summed E-state index contributed by atoms with van der Waals surface area (Å²) in [7, 11) is 0. The average Bonchev–Trinajstić information content (AvgIpc) is 3.60. The zero-order chi connectivity index (χ0) is 20.9. The molecule has 0 bridgehead atoms. The van der Waals surface area contributed by atoms with Crippen LogP contribution in [0.1, 0.15) is 17.9 Å². The van der Waals surface area contributed by atoms with Crippen LogP contribution in [-0.4, -0.2) is 60.0 Å². The van der Waals surface area contributed by atoms with Crippen LogP contribution in [0.3, 0.4) is 0 Å². The SMILES string of the molecule is O=CNc1ccc(SCC(=O)N2CCN(C(=O)[C@@H]3C[C@H]3c3ccccc3)CC2)cc1. The van der Waals surface area contributed by atoms with E-state index >= 15 is 0 Å². The third-order valence-corrected chi connectivity index (χ3v) is 6.72. The second-order valence-electron chi connectivity index (χ2n) is 7.64. The molecule has 1 aliphatic carbocycles. The lowest BCUT2D eigenvalue weighted by Gasteiger charge is -2.35. The molecule has 2 aliphatic rings. The van der Waals surface area contributed by atoms with Crippen molar-refractivity contribution in [3.05, 3.63) is 60.2 Å². The minimum Gasteiger partial charge on any atom is -0.339 e. The fourth-order valence-electron chi connectivity index (χ4n) is 3.90. The number of amides is 3. The maximum atomic E-state index is 12.8. The van der Waals surface area contributed by atoms with Crippen LogP contribution in [-0.2, 0) is 14.4 Å². The summed E-state index contributed by atoms with van der Waals surface area (Å²) in [6, 6.07) is 17.6. The number of hydrogen-bond donors (Lipinski definition) is 1. The van der Waals surface area contributed by atoms with Gasteiger partial charge >= 0.3 is 0 Å². The van der Waals surface area contributed by atoms with Gasteiger partial charge in [-0.1, -0.05) is 30.3 Å². The minimum absolute atomic E-state index is 0.0933. The molecule has 3 amide bonds. The van der Waals surface area contributed by atoms with Gasteiger partial charge in [-0.3, -0.25) is 14.4 Å². The number of carbonyl (C=O) groups excluding carboxylic acids is 3. The molecule has 7 heteroatoms. The number of nitrogens with zero attached hydrogens (tertiary/aromatic N) is 2. The predicted molar refractivity (Wildman–Crippen MR) is 117 cm³/mol. The molecular weight excluding hydrogens is 398 g/mol. The van der Waals surface area contributed by atoms with Gasteiger partial charge in [-0.15, -0.1) is 11.8 Å². The monoisotopic (exact) mass is 423 g/mol. The van der Waals surface area contributed by atoms with Gasteiger partial charge in [0, 0.05) is 42.7 Å². The molecule has 0 radical (unpaired) electrons. The van der Waals surface area contributed by atoms with Crippen molar-refractivity contribution in [3.8, 4) is 0 Å². The van der Waals surface area contributed by atoms with Gasteiger partial charge in [-0.2, -0.15) is 0 Å². The van der Waals surface area contributed by atoms with Gasteiger partial charge in [0.1, 0.15) is 0 Å². The van der Waals surface area contributed by atoms with Crippen molar-refractivity contribution >= 4 is 35.7 Å². The lowest BCUT2D eigenvalue weighted by Crippen LogP contribution is -2.51. The Hall–Kier alpha value is -2.80. The summed E-state index contributed by atoms with van der Waals surface area (Å²) in [5.41, 5.74) is 1.98. The highest BCUT2D eigenvalue weighted by Gasteiger charge is 2.46. The van der Waals surface area contributed by atoms with Crippen LogP contribution in [0.4, 0.5) is 5.69 Å². The number of benzene rings is 2. The quantitative estimate of drug-likeness (QED) is 0.549. The van der Waals surface area contributed by atoms with Crippen molar-refractivity contribution in [2.24, 2.45) is 5.92 Å². The van der Waals surface area contributed by atoms with E-state index in [1.807, 2.05) is 52.3 Å². The first kappa shape index (κ1) is 20.5. The number of rotatable bonds is 7. The summed E-state index contributed by atoms with van der Waals surface area (Å²) in [6.07, 6.45) is 1.57. The van der Waals surface area contributed by atoms with E-state index < -0.39 is 0 Å². The van der Waals surface area contributed by atoms with Crippen molar-refractivity contribution in [2.75, 3.05) is 37.2 Å². The van der Waals surface area contributed by atoms with Crippen LogP contribution >= 0.6 is 11.8 Å². The first-order valence-corrected chi connectivity index (χ1v) is 11.2. The van der Waals surface area contributed by atoms with E-state index in [0.717, 1.165) is 17.0 Å². The summed E-state index contributed by atoms with van der Waals surface area (Å²) in [5, 5.41) is 2.59. The maximum absolute atomic E-state index is 12.8. The molecule has 4 rings (SSSR count). The van der Waals surface area contributed by atoms with Crippen LogP contribution in [0.25, 0.3) is 0 Å². The van der Waals surface area contributed by atoms with E-state index in [9.17, 15) is 14.4 Å². The molecule has 6 nitrogen and oxygen atoms in total. The molecule has 1 saturated heterocycles. The maximum Gasteiger partial charge on any atom is 0.233 e. The molecule has 30 heavy (non-hydrogen) atoms. The zero-order valence-electron chi connectivity index (χ0n) is 16.7. The fraction of sp³-hybridized carbons (Fsp3) is 0.348. The van der Waals surface area contributed by atoms with Gasteiger partial charge < -0.3 is 15.1 Å². The molecular formula is C23H25N3O3S. The van der Waals surface area contributed by atoms with Crippen molar-refractivity contribution < 1.29 is 14.4 Å². The van der Waals surface area contributed by atoms with E-state index in [4.69, 9.17) is 0 Å². The Morgan fingerprint density at radius 3 is 2.30 bits per heavy atom. The standard InChI is InChI=1S/C23H25N3O3S/c27-16-24-18-6-8-19(9-7-18)30-15-22(28)25-10-12-26(13-11-25)23(29)21-14-20(21)17-4-2-1-3-5-17/h1-9,16,20-21H,10-15H2,(H,24,27)/t20-,21+/m0/s1. The predicted octanol–water partition coefficient (Wildman–Crippen LogP) is 2.82. The van der Waals surface area contributed by atoms with Gasteiger partial charge in [-0.05, 0) is 42.2 Å². The summed E-state index contributed by atoms with van der Waals surface area (Å²) in [4.78, 5) is 40.5. The molecule has 1 N–H and O–H groups in total. The van der Waals surface area contributed by atoms with Crippen molar-refractivity contribution in [2.45, 2.75) is 17.2 Å². The normalized spacial score (nSPS) is 20.5. The number of piperazine rings is 1. The largest absolute Gasteiger partial charge is 0.339 e. The molecule has 2 fully saturated rings. The Labute approximate surface area is 180 Å². The average molecular weight is 424 g/mol. The summed E-state index contributed by atoms with van der Waals surface area (Å²) in [5.74, 6) is 1.14. The first-order valence-electron chi connectivity index (χ1n) is 10.2. The molecule has 1 aliphatic heterocycles. The van der Waals surface area contributed by atoms with E-state index in [1.165, 1.54) is 17.3 Å². The molecule has 0 aromatic heterocycles. The number of anilines is 1. The second-order valence-corrected chi connectivity index (χ2v) is 8.69. The first-order chi connectivity index (χ1) is 14.7. The van der Waals surface area contributed by atoms with E-state index in [0.29, 0.717) is 44.3 Å². The van der Waals surface area contributed by atoms with Gasteiger partial charge in [0.2, 0.25) is 18.2 Å². The van der Waals surface area contributed by atoms with Crippen LogP contribution in [0, 0.1) is 5.92 Å². The molecule has 2 aromatic carbocycles. The number of nitrogens with one attached hydrogen (secondary N) is 1. The van der Waals surface area contributed by atoms with E-state index in [1.54, 1.807) is 0 Å². The number of carbonyl (C=O) groups is 3. The molecule has 2 atom stereocenters. The highest BCUT2D eigenvalue weighted by molar-refractivity contribution is 8.00. The molecule has 156 valence electrons. The highest BCUT2D eigenvalue weighted by atomic mass is 32.2. The Morgan fingerprint density at radius 1 is 0.967 bits per heavy atom. The highest BCUT2D eigenvalue weighted by Crippen LogP contribution is 2.48. The topological polar surface area (TPSA) is 69.7 Å². The van der Waals surface area contributed by atoms with Gasteiger partial charge in [0.05, 0.1) is 5.75 Å². The molecule has 0 spiro atoms. The Bertz CT molecular complexity index is 896. The number of hydrogen-bond acceptors (Lipinski definition) is 4. The minimum atomic E-state index is 0.0933. The van der Waals surface area contributed by atoms with Crippen molar-refractivity contribution in [1.29, 1.82) is 0 Å². The Balaban J connectivity index is 1.21. The Kier molecular flexibility index (Phi) is 6.38. The molecule has 1 heterocycles. The van der Waals surface area contributed by atoms with Gasteiger partial charge in [-0.25, -0.2) is 0 Å².